The largest absolute Gasteiger partial charge is 0.481 e. The highest BCUT2D eigenvalue weighted by Crippen LogP contribution is 2.29. The second-order valence-corrected chi connectivity index (χ2v) is 6.31. The molecule has 1 fully saturated rings. The fourth-order valence-electron chi connectivity index (χ4n) is 2.75. The lowest BCUT2D eigenvalue weighted by molar-refractivity contribution is -0.122. The van der Waals surface area contributed by atoms with E-state index in [1.807, 2.05) is 18.2 Å². The standard InChI is InChI=1S/C19H19ClN2O3/c1-13(25-15-7-4-6-14(20)12-15)19(24)21-16-8-2-3-9-17(16)22-11-5-10-18(22)23/h2-4,6-9,12-13H,5,10-11H2,1H3,(H,21,24)/t13-/m0/s1. The number of para-hydroxylation sites is 2. The van der Waals surface area contributed by atoms with Crippen LogP contribution in [0.15, 0.2) is 48.5 Å². The van der Waals surface area contributed by atoms with E-state index in [4.69, 9.17) is 16.3 Å². The monoisotopic (exact) mass is 358 g/mol. The number of rotatable bonds is 5. The first kappa shape index (κ1) is 17.3. The zero-order valence-corrected chi connectivity index (χ0v) is 14.6. The molecular formula is C19H19ClN2O3. The van der Waals surface area contributed by atoms with Crippen LogP contribution in [-0.2, 0) is 9.59 Å². The Morgan fingerprint density at radius 2 is 2.04 bits per heavy atom. The van der Waals surface area contributed by atoms with Crippen LogP contribution in [0.2, 0.25) is 5.02 Å². The number of carbonyl (C=O) groups excluding carboxylic acids is 2. The minimum absolute atomic E-state index is 0.0740. The van der Waals surface area contributed by atoms with E-state index in [-0.39, 0.29) is 11.8 Å². The number of halogens is 1. The Morgan fingerprint density at radius 3 is 2.76 bits per heavy atom. The van der Waals surface area contributed by atoms with E-state index < -0.39 is 6.10 Å². The smallest absolute Gasteiger partial charge is 0.265 e. The van der Waals surface area contributed by atoms with Crippen molar-refractivity contribution in [3.05, 3.63) is 53.6 Å². The second kappa shape index (κ2) is 7.57. The highest BCUT2D eigenvalue weighted by Gasteiger charge is 2.25. The van der Waals surface area contributed by atoms with Gasteiger partial charge in [-0.25, -0.2) is 0 Å². The summed E-state index contributed by atoms with van der Waals surface area (Å²) < 4.78 is 5.64. The molecule has 1 heterocycles. The SMILES string of the molecule is C[C@H](Oc1cccc(Cl)c1)C(=O)Nc1ccccc1N1CCCC1=O. The Bertz CT molecular complexity index is 794. The van der Waals surface area contributed by atoms with Crippen molar-refractivity contribution in [2.24, 2.45) is 0 Å². The Morgan fingerprint density at radius 1 is 1.24 bits per heavy atom. The maximum absolute atomic E-state index is 12.5. The molecule has 25 heavy (non-hydrogen) atoms. The highest BCUT2D eigenvalue weighted by atomic mass is 35.5. The van der Waals surface area contributed by atoms with Gasteiger partial charge in [0.05, 0.1) is 11.4 Å². The molecule has 0 unspecified atom stereocenters. The van der Waals surface area contributed by atoms with E-state index in [1.165, 1.54) is 0 Å². The predicted molar refractivity (Wildman–Crippen MR) is 98.2 cm³/mol. The Balaban J connectivity index is 1.71. The van der Waals surface area contributed by atoms with E-state index in [1.54, 1.807) is 42.2 Å². The van der Waals surface area contributed by atoms with Crippen molar-refractivity contribution < 1.29 is 14.3 Å². The van der Waals surface area contributed by atoms with Gasteiger partial charge in [-0.15, -0.1) is 0 Å². The van der Waals surface area contributed by atoms with Gasteiger partial charge >= 0.3 is 0 Å². The average molecular weight is 359 g/mol. The summed E-state index contributed by atoms with van der Waals surface area (Å²) in [6.07, 6.45) is 0.659. The van der Waals surface area contributed by atoms with Gasteiger partial charge in [0.1, 0.15) is 5.75 Å². The van der Waals surface area contributed by atoms with Gasteiger partial charge < -0.3 is 15.0 Å². The van der Waals surface area contributed by atoms with Crippen LogP contribution in [0.4, 0.5) is 11.4 Å². The van der Waals surface area contributed by atoms with Gasteiger partial charge in [-0.2, -0.15) is 0 Å². The van der Waals surface area contributed by atoms with Crippen molar-refractivity contribution in [3.63, 3.8) is 0 Å². The molecule has 0 radical (unpaired) electrons. The zero-order chi connectivity index (χ0) is 17.8. The third-order valence-corrected chi connectivity index (χ3v) is 4.24. The minimum atomic E-state index is -0.708. The quantitative estimate of drug-likeness (QED) is 0.882. The molecule has 1 aliphatic heterocycles. The van der Waals surface area contributed by atoms with Crippen molar-refractivity contribution >= 4 is 34.8 Å². The summed E-state index contributed by atoms with van der Waals surface area (Å²) in [6, 6.07) is 14.2. The molecule has 3 rings (SSSR count). The Hall–Kier alpha value is -2.53. The van der Waals surface area contributed by atoms with Crippen LogP contribution in [-0.4, -0.2) is 24.5 Å². The summed E-state index contributed by atoms with van der Waals surface area (Å²) in [5.74, 6) is 0.308. The molecule has 1 atom stereocenters. The van der Waals surface area contributed by atoms with Gasteiger partial charge in [0.25, 0.3) is 5.91 Å². The molecule has 2 aromatic carbocycles. The summed E-state index contributed by atoms with van der Waals surface area (Å²) in [4.78, 5) is 26.2. The molecule has 2 amide bonds. The van der Waals surface area contributed by atoms with Crippen LogP contribution in [0.25, 0.3) is 0 Å². The van der Waals surface area contributed by atoms with Gasteiger partial charge in [-0.05, 0) is 43.7 Å². The van der Waals surface area contributed by atoms with Crippen LogP contribution in [0.3, 0.4) is 0 Å². The van der Waals surface area contributed by atoms with Gasteiger partial charge in [0.2, 0.25) is 5.91 Å². The van der Waals surface area contributed by atoms with Crippen molar-refractivity contribution in [1.82, 2.24) is 0 Å². The molecule has 1 aliphatic rings. The lowest BCUT2D eigenvalue weighted by atomic mass is 10.2. The molecule has 0 aliphatic carbocycles. The number of ether oxygens (including phenoxy) is 1. The molecule has 0 spiro atoms. The maximum Gasteiger partial charge on any atom is 0.265 e. The predicted octanol–water partition coefficient (Wildman–Crippen LogP) is 3.87. The fourth-order valence-corrected chi connectivity index (χ4v) is 2.93. The van der Waals surface area contributed by atoms with Crippen molar-refractivity contribution in [2.75, 3.05) is 16.8 Å². The molecule has 0 bridgehead atoms. The van der Waals surface area contributed by atoms with Crippen molar-refractivity contribution in [3.8, 4) is 5.75 Å². The Kier molecular flexibility index (Phi) is 5.24. The zero-order valence-electron chi connectivity index (χ0n) is 13.9. The van der Waals surface area contributed by atoms with Gasteiger partial charge in [0, 0.05) is 18.0 Å². The number of carbonyl (C=O) groups is 2. The molecule has 1 N–H and O–H groups in total. The molecule has 6 heteroatoms. The first-order valence-corrected chi connectivity index (χ1v) is 8.55. The molecular weight excluding hydrogens is 340 g/mol. The van der Waals surface area contributed by atoms with E-state index in [0.29, 0.717) is 35.1 Å². The van der Waals surface area contributed by atoms with Crippen LogP contribution in [0.1, 0.15) is 19.8 Å². The number of benzene rings is 2. The maximum atomic E-state index is 12.5. The molecule has 5 nitrogen and oxygen atoms in total. The number of anilines is 2. The normalized spacial score (nSPS) is 15.1. The molecule has 0 saturated carbocycles. The second-order valence-electron chi connectivity index (χ2n) is 5.87. The number of nitrogens with zero attached hydrogens (tertiary/aromatic N) is 1. The minimum Gasteiger partial charge on any atom is -0.481 e. The summed E-state index contributed by atoms with van der Waals surface area (Å²) >= 11 is 5.93. The first-order valence-electron chi connectivity index (χ1n) is 8.17. The molecule has 1 saturated heterocycles. The highest BCUT2D eigenvalue weighted by molar-refractivity contribution is 6.30. The van der Waals surface area contributed by atoms with Gasteiger partial charge in [-0.3, -0.25) is 9.59 Å². The number of amides is 2. The third kappa shape index (κ3) is 4.12. The first-order chi connectivity index (χ1) is 12.0. The molecule has 0 aromatic heterocycles. The molecule has 130 valence electrons. The van der Waals surface area contributed by atoms with Gasteiger partial charge in [0.15, 0.2) is 6.10 Å². The van der Waals surface area contributed by atoms with Crippen LogP contribution >= 0.6 is 11.6 Å². The van der Waals surface area contributed by atoms with E-state index in [9.17, 15) is 9.59 Å². The van der Waals surface area contributed by atoms with Crippen LogP contribution < -0.4 is 15.0 Å². The van der Waals surface area contributed by atoms with Crippen molar-refractivity contribution in [1.29, 1.82) is 0 Å². The van der Waals surface area contributed by atoms with Crippen LogP contribution in [0, 0.1) is 0 Å². The lowest BCUT2D eigenvalue weighted by Gasteiger charge is -2.21. The van der Waals surface area contributed by atoms with Crippen LogP contribution in [0.5, 0.6) is 5.75 Å². The topological polar surface area (TPSA) is 58.6 Å². The summed E-state index contributed by atoms with van der Waals surface area (Å²) in [5.41, 5.74) is 1.32. The van der Waals surface area contributed by atoms with E-state index in [0.717, 1.165) is 6.42 Å². The lowest BCUT2D eigenvalue weighted by Crippen LogP contribution is -2.31. The summed E-state index contributed by atoms with van der Waals surface area (Å²) in [6.45, 7) is 2.33. The van der Waals surface area contributed by atoms with E-state index in [2.05, 4.69) is 5.32 Å². The number of hydrogen-bond acceptors (Lipinski definition) is 3. The number of nitrogens with one attached hydrogen (secondary N) is 1. The Labute approximate surface area is 151 Å². The average Bonchev–Trinajstić information content (AvgIpc) is 3.01. The number of hydrogen-bond donors (Lipinski definition) is 1. The summed E-state index contributed by atoms with van der Waals surface area (Å²) in [5, 5.41) is 3.40. The van der Waals surface area contributed by atoms with E-state index >= 15 is 0 Å². The molecule has 2 aromatic rings. The fraction of sp³-hybridized carbons (Fsp3) is 0.263. The summed E-state index contributed by atoms with van der Waals surface area (Å²) in [7, 11) is 0. The van der Waals surface area contributed by atoms with Gasteiger partial charge in [-0.1, -0.05) is 29.8 Å². The third-order valence-electron chi connectivity index (χ3n) is 4.00. The van der Waals surface area contributed by atoms with Crippen molar-refractivity contribution in [2.45, 2.75) is 25.9 Å².